The normalized spacial score (nSPS) is 24.0. The van der Waals surface area contributed by atoms with Crippen LogP contribution in [0.4, 0.5) is 0 Å². The van der Waals surface area contributed by atoms with E-state index in [0.29, 0.717) is 13.0 Å². The van der Waals surface area contributed by atoms with E-state index < -0.39 is 0 Å². The van der Waals surface area contributed by atoms with Crippen LogP contribution in [0, 0.1) is 5.41 Å². The quantitative estimate of drug-likeness (QED) is 0.780. The van der Waals surface area contributed by atoms with Gasteiger partial charge in [-0.3, -0.25) is 9.59 Å². The summed E-state index contributed by atoms with van der Waals surface area (Å²) in [5, 5.41) is 0. The molecule has 1 atom stereocenters. The van der Waals surface area contributed by atoms with Gasteiger partial charge in [-0.25, -0.2) is 0 Å². The predicted octanol–water partition coefficient (Wildman–Crippen LogP) is 2.87. The van der Waals surface area contributed by atoms with Gasteiger partial charge >= 0.3 is 0 Å². The van der Waals surface area contributed by atoms with Gasteiger partial charge in [0.2, 0.25) is 11.8 Å². The van der Waals surface area contributed by atoms with Gasteiger partial charge in [0.05, 0.1) is 5.41 Å². The molecule has 0 radical (unpaired) electrons. The van der Waals surface area contributed by atoms with Crippen LogP contribution in [0.25, 0.3) is 0 Å². The first-order valence-corrected chi connectivity index (χ1v) is 9.18. The number of nitrogens with zero attached hydrogens (tertiary/aromatic N) is 2. The van der Waals surface area contributed by atoms with Gasteiger partial charge in [-0.15, -0.1) is 0 Å². The Hall–Kier alpha value is -1.84. The zero-order chi connectivity index (χ0) is 17.0. The topological polar surface area (TPSA) is 40.6 Å². The second kappa shape index (κ2) is 7.37. The lowest BCUT2D eigenvalue weighted by Gasteiger charge is -2.37. The van der Waals surface area contributed by atoms with Crippen LogP contribution in [0.2, 0.25) is 0 Å². The lowest BCUT2D eigenvalue weighted by molar-refractivity contribution is -0.144. The van der Waals surface area contributed by atoms with Gasteiger partial charge in [-0.05, 0) is 44.1 Å². The van der Waals surface area contributed by atoms with Crippen molar-refractivity contribution in [2.24, 2.45) is 5.41 Å². The molecular weight excluding hydrogens is 300 g/mol. The summed E-state index contributed by atoms with van der Waals surface area (Å²) < 4.78 is 0. The van der Waals surface area contributed by atoms with Gasteiger partial charge < -0.3 is 9.80 Å². The molecule has 0 N–H and O–H groups in total. The molecule has 2 aliphatic rings. The van der Waals surface area contributed by atoms with Gasteiger partial charge in [-0.2, -0.15) is 0 Å². The van der Waals surface area contributed by atoms with Crippen LogP contribution in [0.3, 0.4) is 0 Å². The fraction of sp³-hybridized carbons (Fsp3) is 0.600. The minimum absolute atomic E-state index is 0.223. The molecule has 1 aromatic carbocycles. The van der Waals surface area contributed by atoms with Crippen molar-refractivity contribution >= 4 is 11.8 Å². The number of piperidine rings is 1. The summed E-state index contributed by atoms with van der Waals surface area (Å²) in [7, 11) is 1.89. The number of amides is 2. The van der Waals surface area contributed by atoms with E-state index >= 15 is 0 Å². The van der Waals surface area contributed by atoms with E-state index in [2.05, 4.69) is 24.3 Å². The molecule has 2 heterocycles. The van der Waals surface area contributed by atoms with E-state index in [1.165, 1.54) is 5.56 Å². The number of carbonyl (C=O) groups is 2. The second-order valence-electron chi connectivity index (χ2n) is 7.37. The van der Waals surface area contributed by atoms with Crippen molar-refractivity contribution in [1.29, 1.82) is 0 Å². The van der Waals surface area contributed by atoms with Crippen LogP contribution in [0.1, 0.15) is 44.1 Å². The Bertz CT molecular complexity index is 587. The highest BCUT2D eigenvalue weighted by molar-refractivity contribution is 5.85. The number of hydrogen-bond acceptors (Lipinski definition) is 2. The lowest BCUT2D eigenvalue weighted by atomic mass is 9.78. The Balaban J connectivity index is 1.44. The Morgan fingerprint density at radius 1 is 1.12 bits per heavy atom. The van der Waals surface area contributed by atoms with E-state index in [-0.39, 0.29) is 17.2 Å². The molecule has 4 heteroatoms. The molecule has 1 spiro atoms. The fourth-order valence-electron chi connectivity index (χ4n) is 4.14. The summed E-state index contributed by atoms with van der Waals surface area (Å²) in [6.07, 6.45) is 6.43. The number of hydrogen-bond donors (Lipinski definition) is 0. The first-order valence-electron chi connectivity index (χ1n) is 9.18. The Kier molecular flexibility index (Phi) is 5.22. The highest BCUT2D eigenvalue weighted by atomic mass is 16.2. The molecule has 0 aromatic heterocycles. The summed E-state index contributed by atoms with van der Waals surface area (Å²) in [5.74, 6) is 0.467. The first-order chi connectivity index (χ1) is 11.6. The van der Waals surface area contributed by atoms with Crippen LogP contribution < -0.4 is 0 Å². The average molecular weight is 328 g/mol. The zero-order valence-corrected chi connectivity index (χ0v) is 14.7. The third-order valence-electron chi connectivity index (χ3n) is 5.60. The largest absolute Gasteiger partial charge is 0.345 e. The highest BCUT2D eigenvalue weighted by Crippen LogP contribution is 2.39. The molecule has 1 aromatic rings. The summed E-state index contributed by atoms with van der Waals surface area (Å²) in [5.41, 5.74) is 1.05. The lowest BCUT2D eigenvalue weighted by Crippen LogP contribution is -2.48. The number of benzene rings is 1. The molecule has 0 saturated carbocycles. The highest BCUT2D eigenvalue weighted by Gasteiger charge is 2.48. The van der Waals surface area contributed by atoms with E-state index in [1.807, 2.05) is 22.9 Å². The number of likely N-dealkylation sites (tertiary alicyclic amines) is 2. The third kappa shape index (κ3) is 3.63. The molecular formula is C20H28N2O2. The number of rotatable bonds is 5. The maximum atomic E-state index is 12.5. The predicted molar refractivity (Wildman–Crippen MR) is 94.5 cm³/mol. The number of unbranched alkanes of at least 4 members (excludes halogenated alkanes) is 1. The third-order valence-corrected chi connectivity index (χ3v) is 5.60. The Morgan fingerprint density at radius 3 is 2.71 bits per heavy atom. The van der Waals surface area contributed by atoms with Crippen molar-refractivity contribution in [2.75, 3.05) is 26.7 Å². The fourth-order valence-corrected chi connectivity index (χ4v) is 4.14. The van der Waals surface area contributed by atoms with Crippen LogP contribution >= 0.6 is 0 Å². The van der Waals surface area contributed by atoms with Crippen molar-refractivity contribution in [2.45, 2.75) is 44.9 Å². The van der Waals surface area contributed by atoms with Gasteiger partial charge in [0.15, 0.2) is 0 Å². The number of carbonyl (C=O) groups excluding carboxylic acids is 2. The van der Waals surface area contributed by atoms with Crippen LogP contribution in [-0.2, 0) is 16.0 Å². The molecule has 2 saturated heterocycles. The minimum atomic E-state index is -0.285. The average Bonchev–Trinajstić information content (AvgIpc) is 3.03. The van der Waals surface area contributed by atoms with Crippen molar-refractivity contribution in [3.8, 4) is 0 Å². The van der Waals surface area contributed by atoms with Gasteiger partial charge in [-0.1, -0.05) is 30.3 Å². The smallest absolute Gasteiger partial charge is 0.230 e. The molecule has 2 fully saturated rings. The molecule has 24 heavy (non-hydrogen) atoms. The monoisotopic (exact) mass is 328 g/mol. The van der Waals surface area contributed by atoms with Crippen LogP contribution in [0.15, 0.2) is 30.3 Å². The van der Waals surface area contributed by atoms with Gasteiger partial charge in [0.1, 0.15) is 0 Å². The van der Waals surface area contributed by atoms with Gasteiger partial charge in [0, 0.05) is 33.1 Å². The second-order valence-corrected chi connectivity index (χ2v) is 7.37. The van der Waals surface area contributed by atoms with E-state index in [0.717, 1.165) is 51.6 Å². The Morgan fingerprint density at radius 2 is 1.92 bits per heavy atom. The van der Waals surface area contributed by atoms with Crippen molar-refractivity contribution < 1.29 is 9.59 Å². The Labute approximate surface area is 144 Å². The molecule has 130 valence electrons. The molecule has 3 rings (SSSR count). The molecule has 0 bridgehead atoms. The zero-order valence-electron chi connectivity index (χ0n) is 14.7. The first kappa shape index (κ1) is 17.0. The van der Waals surface area contributed by atoms with Gasteiger partial charge in [0.25, 0.3) is 0 Å². The van der Waals surface area contributed by atoms with Crippen LogP contribution in [0.5, 0.6) is 0 Å². The SMILES string of the molecule is CN1CCCC2(CCN(C(=O)CCCCc3ccccc3)C2)C1=O. The summed E-state index contributed by atoms with van der Waals surface area (Å²) >= 11 is 0. The standard InChI is InChI=1S/C20H28N2O2/c1-21-14-7-12-20(19(21)24)13-15-22(16-20)18(23)11-6-5-10-17-8-3-2-4-9-17/h2-4,8-9H,5-7,10-16H2,1H3. The minimum Gasteiger partial charge on any atom is -0.345 e. The summed E-state index contributed by atoms with van der Waals surface area (Å²) in [6.45, 7) is 2.23. The maximum absolute atomic E-state index is 12.5. The molecule has 4 nitrogen and oxygen atoms in total. The molecule has 0 aliphatic carbocycles. The van der Waals surface area contributed by atoms with Crippen molar-refractivity contribution in [3.05, 3.63) is 35.9 Å². The van der Waals surface area contributed by atoms with E-state index in [1.54, 1.807) is 0 Å². The van der Waals surface area contributed by atoms with E-state index in [4.69, 9.17) is 0 Å². The summed E-state index contributed by atoms with van der Waals surface area (Å²) in [4.78, 5) is 28.8. The molecule has 2 aliphatic heterocycles. The van der Waals surface area contributed by atoms with Crippen molar-refractivity contribution in [1.82, 2.24) is 9.80 Å². The maximum Gasteiger partial charge on any atom is 0.230 e. The molecule has 2 amide bonds. The van der Waals surface area contributed by atoms with E-state index in [9.17, 15) is 9.59 Å². The van der Waals surface area contributed by atoms with Crippen molar-refractivity contribution in [3.63, 3.8) is 0 Å². The number of aryl methyl sites for hydroxylation is 1. The summed E-state index contributed by atoms with van der Waals surface area (Å²) in [6, 6.07) is 10.4. The molecule has 1 unspecified atom stereocenters. The van der Waals surface area contributed by atoms with Crippen LogP contribution in [-0.4, -0.2) is 48.3 Å².